The van der Waals surface area contributed by atoms with E-state index < -0.39 is 5.97 Å². The van der Waals surface area contributed by atoms with Gasteiger partial charge in [-0.1, -0.05) is 24.3 Å². The first-order valence-corrected chi connectivity index (χ1v) is 7.36. The minimum absolute atomic E-state index is 0. The van der Waals surface area contributed by atoms with Crippen molar-refractivity contribution in [3.63, 3.8) is 0 Å². The fourth-order valence-corrected chi connectivity index (χ4v) is 3.09. The molecule has 1 aliphatic heterocycles. The molecule has 0 fully saturated rings. The molecule has 1 aliphatic rings. The van der Waals surface area contributed by atoms with Gasteiger partial charge in [-0.15, -0.1) is 17.0 Å². The molecule has 0 bridgehead atoms. The summed E-state index contributed by atoms with van der Waals surface area (Å²) in [6.45, 7) is 0.639. The highest BCUT2D eigenvalue weighted by molar-refractivity contribution is 8.93. The lowest BCUT2D eigenvalue weighted by Crippen LogP contribution is -2.24. The molecule has 2 aromatic carbocycles. The number of nitrogens with zero attached hydrogens (tertiary/aromatic N) is 2. The van der Waals surface area contributed by atoms with Crippen LogP contribution in [0.25, 0.3) is 10.9 Å². The standard InChI is InChI=1S/C18H14N2O3.BrH/c1-23-18(22)12-6-7-14-15(8-12)20-10-13-5-3-2-4-11(13)9-16(20)19-17(14)21;/h2-8H,9-10H2,1H3;1H. The molecule has 1 aromatic heterocycles. The smallest absolute Gasteiger partial charge is 0.337 e. The summed E-state index contributed by atoms with van der Waals surface area (Å²) < 4.78 is 6.78. The number of methoxy groups -OCH3 is 1. The summed E-state index contributed by atoms with van der Waals surface area (Å²) >= 11 is 0. The van der Waals surface area contributed by atoms with Gasteiger partial charge in [-0.25, -0.2) is 4.79 Å². The van der Waals surface area contributed by atoms with Gasteiger partial charge in [0, 0.05) is 13.0 Å². The van der Waals surface area contributed by atoms with Gasteiger partial charge >= 0.3 is 5.97 Å². The summed E-state index contributed by atoms with van der Waals surface area (Å²) in [6, 6.07) is 13.1. The third-order valence-electron chi connectivity index (χ3n) is 4.28. The first-order chi connectivity index (χ1) is 11.2. The van der Waals surface area contributed by atoms with E-state index in [0.717, 1.165) is 11.3 Å². The maximum atomic E-state index is 12.3. The van der Waals surface area contributed by atoms with E-state index in [-0.39, 0.29) is 22.5 Å². The third kappa shape index (κ3) is 2.53. The average molecular weight is 387 g/mol. The Hall–Kier alpha value is -2.47. The van der Waals surface area contributed by atoms with Crippen LogP contribution in [0.5, 0.6) is 0 Å². The lowest BCUT2D eigenvalue weighted by Gasteiger charge is -2.23. The van der Waals surface area contributed by atoms with Gasteiger partial charge in [-0.2, -0.15) is 4.98 Å². The van der Waals surface area contributed by atoms with Crippen LogP contribution in [-0.4, -0.2) is 22.6 Å². The summed E-state index contributed by atoms with van der Waals surface area (Å²) in [5.74, 6) is 0.310. The van der Waals surface area contributed by atoms with Gasteiger partial charge in [0.1, 0.15) is 5.82 Å². The Morgan fingerprint density at radius 1 is 1.17 bits per heavy atom. The van der Waals surface area contributed by atoms with Crippen LogP contribution in [-0.2, 0) is 17.7 Å². The number of aromatic nitrogens is 2. The van der Waals surface area contributed by atoms with E-state index in [4.69, 9.17) is 4.74 Å². The van der Waals surface area contributed by atoms with E-state index in [1.807, 2.05) is 16.7 Å². The Bertz CT molecular complexity index is 1010. The molecule has 5 nitrogen and oxygen atoms in total. The van der Waals surface area contributed by atoms with E-state index in [1.165, 1.54) is 18.2 Å². The number of carbonyl (C=O) groups is 1. The number of halogens is 1. The Morgan fingerprint density at radius 3 is 2.67 bits per heavy atom. The zero-order chi connectivity index (χ0) is 16.0. The molecule has 24 heavy (non-hydrogen) atoms. The minimum atomic E-state index is -0.415. The van der Waals surface area contributed by atoms with Crippen molar-refractivity contribution < 1.29 is 9.53 Å². The summed E-state index contributed by atoms with van der Waals surface area (Å²) in [7, 11) is 1.34. The molecule has 0 amide bonds. The van der Waals surface area contributed by atoms with Gasteiger partial charge in [-0.05, 0) is 29.3 Å². The van der Waals surface area contributed by atoms with E-state index >= 15 is 0 Å². The molecule has 0 aliphatic carbocycles. The number of hydrogen-bond acceptors (Lipinski definition) is 4. The lowest BCUT2D eigenvalue weighted by molar-refractivity contribution is 0.0601. The van der Waals surface area contributed by atoms with Gasteiger partial charge in [-0.3, -0.25) is 4.79 Å². The zero-order valence-electron chi connectivity index (χ0n) is 13.0. The highest BCUT2D eigenvalue weighted by atomic mass is 79.9. The molecule has 122 valence electrons. The largest absolute Gasteiger partial charge is 0.465 e. The Morgan fingerprint density at radius 2 is 1.92 bits per heavy atom. The van der Waals surface area contributed by atoms with Gasteiger partial charge in [0.05, 0.1) is 23.6 Å². The van der Waals surface area contributed by atoms with Crippen molar-refractivity contribution >= 4 is 33.9 Å². The number of fused-ring (bicyclic) bond motifs is 4. The number of ether oxygens (including phenoxy) is 1. The molecule has 0 spiro atoms. The molecule has 3 aromatic rings. The molecule has 4 rings (SSSR count). The number of rotatable bonds is 1. The van der Waals surface area contributed by atoms with Gasteiger partial charge in [0.25, 0.3) is 5.56 Å². The molecule has 0 atom stereocenters. The predicted octanol–water partition coefficient (Wildman–Crippen LogP) is 2.71. The maximum absolute atomic E-state index is 12.3. The molecule has 0 unspecified atom stereocenters. The van der Waals surface area contributed by atoms with Crippen LogP contribution in [0.2, 0.25) is 0 Å². The van der Waals surface area contributed by atoms with Crippen LogP contribution in [0.4, 0.5) is 0 Å². The van der Waals surface area contributed by atoms with Crippen molar-refractivity contribution in [1.29, 1.82) is 0 Å². The number of carbonyl (C=O) groups excluding carboxylic acids is 1. The van der Waals surface area contributed by atoms with Crippen LogP contribution in [0.15, 0.2) is 47.3 Å². The first-order valence-electron chi connectivity index (χ1n) is 7.36. The normalized spacial score (nSPS) is 12.0. The molecule has 2 heterocycles. The van der Waals surface area contributed by atoms with Gasteiger partial charge < -0.3 is 9.30 Å². The molecule has 6 heteroatoms. The second kappa shape index (κ2) is 6.20. The van der Waals surface area contributed by atoms with Crippen molar-refractivity contribution in [2.45, 2.75) is 13.0 Å². The highest BCUT2D eigenvalue weighted by Gasteiger charge is 2.19. The van der Waals surface area contributed by atoms with Crippen LogP contribution in [0, 0.1) is 0 Å². The van der Waals surface area contributed by atoms with Crippen molar-refractivity contribution in [2.24, 2.45) is 0 Å². The summed E-state index contributed by atoms with van der Waals surface area (Å²) in [6.07, 6.45) is 0.615. The number of esters is 1. The van der Waals surface area contributed by atoms with Gasteiger partial charge in [0.2, 0.25) is 0 Å². The van der Waals surface area contributed by atoms with Crippen molar-refractivity contribution in [1.82, 2.24) is 9.55 Å². The molecule has 0 saturated heterocycles. The van der Waals surface area contributed by atoms with E-state index in [2.05, 4.69) is 17.1 Å². The SMILES string of the molecule is Br.COC(=O)c1ccc2c(=O)nc3n(c2c1)Cc1ccccc1C3. The molecule has 0 saturated carbocycles. The molecular weight excluding hydrogens is 372 g/mol. The second-order valence-corrected chi connectivity index (χ2v) is 5.59. The summed E-state index contributed by atoms with van der Waals surface area (Å²) in [5.41, 5.74) is 3.27. The average Bonchev–Trinajstić information content (AvgIpc) is 2.59. The maximum Gasteiger partial charge on any atom is 0.337 e. The fraction of sp³-hybridized carbons (Fsp3) is 0.167. The molecule has 0 N–H and O–H groups in total. The van der Waals surface area contributed by atoms with Crippen molar-refractivity contribution in [3.05, 3.63) is 75.3 Å². The number of hydrogen-bond donors (Lipinski definition) is 0. The molecular formula is C18H15BrN2O3. The Labute approximate surface area is 148 Å². The third-order valence-corrected chi connectivity index (χ3v) is 4.28. The minimum Gasteiger partial charge on any atom is -0.465 e. The van der Waals surface area contributed by atoms with Crippen LogP contribution in [0.1, 0.15) is 27.3 Å². The van der Waals surface area contributed by atoms with Crippen molar-refractivity contribution in [2.75, 3.05) is 7.11 Å². The van der Waals surface area contributed by atoms with E-state index in [0.29, 0.717) is 23.9 Å². The van der Waals surface area contributed by atoms with E-state index in [9.17, 15) is 9.59 Å². The van der Waals surface area contributed by atoms with E-state index in [1.54, 1.807) is 18.2 Å². The monoisotopic (exact) mass is 386 g/mol. The second-order valence-electron chi connectivity index (χ2n) is 5.59. The Balaban J connectivity index is 0.00000169. The topological polar surface area (TPSA) is 61.2 Å². The Kier molecular flexibility index (Phi) is 4.24. The summed E-state index contributed by atoms with van der Waals surface area (Å²) in [4.78, 5) is 28.3. The number of benzene rings is 2. The quantitative estimate of drug-likeness (QED) is 0.472. The predicted molar refractivity (Wildman–Crippen MR) is 96.0 cm³/mol. The molecule has 0 radical (unpaired) electrons. The first kappa shape index (κ1) is 16.4. The zero-order valence-corrected chi connectivity index (χ0v) is 14.7. The van der Waals surface area contributed by atoms with Crippen LogP contribution >= 0.6 is 17.0 Å². The van der Waals surface area contributed by atoms with Gasteiger partial charge in [0.15, 0.2) is 0 Å². The van der Waals surface area contributed by atoms with Crippen LogP contribution < -0.4 is 5.56 Å². The lowest BCUT2D eigenvalue weighted by atomic mass is 10.00. The summed E-state index contributed by atoms with van der Waals surface area (Å²) in [5, 5.41) is 0.515. The highest BCUT2D eigenvalue weighted by Crippen LogP contribution is 2.24. The van der Waals surface area contributed by atoms with Crippen molar-refractivity contribution in [3.8, 4) is 0 Å². The van der Waals surface area contributed by atoms with Crippen LogP contribution in [0.3, 0.4) is 0 Å². The fourth-order valence-electron chi connectivity index (χ4n) is 3.09.